The third kappa shape index (κ3) is 6.03. The van der Waals surface area contributed by atoms with Gasteiger partial charge in [0.15, 0.2) is 0 Å². The molecule has 0 aliphatic heterocycles. The molecular weight excluding hydrogens is 228 g/mol. The van der Waals surface area contributed by atoms with E-state index in [4.69, 9.17) is 4.74 Å². The number of hydrogen-bond acceptors (Lipinski definition) is 2. The first-order chi connectivity index (χ1) is 8.08. The summed E-state index contributed by atoms with van der Waals surface area (Å²) in [4.78, 5) is 2.14. The lowest BCUT2D eigenvalue weighted by atomic mass is 10.4. The number of hydrogen-bond donors (Lipinski definition) is 0. The van der Waals surface area contributed by atoms with Crippen LogP contribution in [0.4, 0.5) is 0 Å². The third-order valence-corrected chi connectivity index (χ3v) is 2.74. The van der Waals surface area contributed by atoms with Gasteiger partial charge in [0, 0.05) is 9.80 Å². The molecule has 0 fully saturated rings. The fourth-order valence-corrected chi connectivity index (χ4v) is 1.93. The number of ether oxygens (including phenoxy) is 1. The Hall–Kier alpha value is -1.41. The van der Waals surface area contributed by atoms with Gasteiger partial charge in [-0.2, -0.15) is 0 Å². The Morgan fingerprint density at radius 1 is 1.18 bits per heavy atom. The second-order valence-corrected chi connectivity index (χ2v) is 5.05. The maximum absolute atomic E-state index is 5.42. The van der Waals surface area contributed by atoms with Crippen LogP contribution < -0.4 is 0 Å². The predicted octanol–water partition coefficient (Wildman–Crippen LogP) is 4.79. The standard InChI is InChI=1S/C15H18OS/c1-12(2)16-13(3)10-11-14(4)17-15-8-6-5-7-9-15/h5-12H,3-4H2,1-2H3/b11-10-. The minimum Gasteiger partial charge on any atom is -0.492 e. The highest BCUT2D eigenvalue weighted by atomic mass is 32.2. The molecule has 0 saturated heterocycles. The molecule has 0 aliphatic rings. The highest BCUT2D eigenvalue weighted by Gasteiger charge is 1.96. The average molecular weight is 246 g/mol. The number of rotatable bonds is 6. The summed E-state index contributed by atoms with van der Waals surface area (Å²) >= 11 is 1.63. The second kappa shape index (κ2) is 7.02. The van der Waals surface area contributed by atoms with Crippen LogP contribution >= 0.6 is 11.8 Å². The zero-order chi connectivity index (χ0) is 12.7. The molecule has 1 nitrogen and oxygen atoms in total. The summed E-state index contributed by atoms with van der Waals surface area (Å²) in [5.41, 5.74) is 0. The van der Waals surface area contributed by atoms with Crippen molar-refractivity contribution in [3.8, 4) is 0 Å². The quantitative estimate of drug-likeness (QED) is 0.405. The van der Waals surface area contributed by atoms with Crippen molar-refractivity contribution in [1.82, 2.24) is 0 Å². The van der Waals surface area contributed by atoms with Crippen molar-refractivity contribution < 1.29 is 4.74 Å². The minimum absolute atomic E-state index is 0.155. The lowest BCUT2D eigenvalue weighted by Gasteiger charge is -2.08. The molecule has 0 unspecified atom stereocenters. The first kappa shape index (κ1) is 13.7. The van der Waals surface area contributed by atoms with E-state index in [1.807, 2.05) is 44.2 Å². The van der Waals surface area contributed by atoms with Crippen molar-refractivity contribution in [3.63, 3.8) is 0 Å². The van der Waals surface area contributed by atoms with Gasteiger partial charge in [0.2, 0.25) is 0 Å². The zero-order valence-electron chi connectivity index (χ0n) is 10.3. The van der Waals surface area contributed by atoms with E-state index in [2.05, 4.69) is 25.3 Å². The van der Waals surface area contributed by atoms with E-state index in [1.54, 1.807) is 11.8 Å². The fraction of sp³-hybridized carbons (Fsp3) is 0.200. The van der Waals surface area contributed by atoms with Crippen molar-refractivity contribution in [3.05, 3.63) is 66.3 Å². The molecule has 17 heavy (non-hydrogen) atoms. The van der Waals surface area contributed by atoms with Gasteiger partial charge in [0.1, 0.15) is 5.76 Å². The fourth-order valence-electron chi connectivity index (χ4n) is 1.20. The molecule has 0 saturated carbocycles. The van der Waals surface area contributed by atoms with Crippen molar-refractivity contribution in [2.45, 2.75) is 24.8 Å². The molecule has 0 aromatic heterocycles. The van der Waals surface area contributed by atoms with Crippen molar-refractivity contribution >= 4 is 11.8 Å². The molecule has 0 spiro atoms. The molecule has 0 radical (unpaired) electrons. The van der Waals surface area contributed by atoms with Crippen LogP contribution in [0.1, 0.15) is 13.8 Å². The summed E-state index contributed by atoms with van der Waals surface area (Å²) in [5.74, 6) is 0.662. The van der Waals surface area contributed by atoms with Gasteiger partial charge in [-0.15, -0.1) is 0 Å². The first-order valence-electron chi connectivity index (χ1n) is 5.53. The van der Waals surface area contributed by atoms with E-state index in [0.29, 0.717) is 5.76 Å². The van der Waals surface area contributed by atoms with Gasteiger partial charge in [-0.3, -0.25) is 0 Å². The maximum Gasteiger partial charge on any atom is 0.112 e. The van der Waals surface area contributed by atoms with Crippen LogP contribution in [0.3, 0.4) is 0 Å². The van der Waals surface area contributed by atoms with E-state index in [1.165, 1.54) is 4.90 Å². The summed E-state index contributed by atoms with van der Waals surface area (Å²) in [6.45, 7) is 11.8. The van der Waals surface area contributed by atoms with E-state index in [-0.39, 0.29) is 6.10 Å². The van der Waals surface area contributed by atoms with Crippen LogP contribution in [-0.4, -0.2) is 6.10 Å². The molecule has 1 rings (SSSR count). The normalized spacial score (nSPS) is 10.8. The van der Waals surface area contributed by atoms with Crippen molar-refractivity contribution in [1.29, 1.82) is 0 Å². The molecule has 0 atom stereocenters. The van der Waals surface area contributed by atoms with E-state index < -0.39 is 0 Å². The smallest absolute Gasteiger partial charge is 0.112 e. The number of benzene rings is 1. The van der Waals surface area contributed by atoms with Gasteiger partial charge >= 0.3 is 0 Å². The van der Waals surface area contributed by atoms with Gasteiger partial charge in [0.25, 0.3) is 0 Å². The Morgan fingerprint density at radius 2 is 1.82 bits per heavy atom. The summed E-state index contributed by atoms with van der Waals surface area (Å²) in [6.07, 6.45) is 3.92. The highest BCUT2D eigenvalue weighted by Crippen LogP contribution is 2.25. The Labute approximate surface area is 108 Å². The van der Waals surface area contributed by atoms with Gasteiger partial charge in [-0.25, -0.2) is 0 Å². The van der Waals surface area contributed by atoms with Gasteiger partial charge in [-0.1, -0.05) is 43.1 Å². The topological polar surface area (TPSA) is 9.23 Å². The summed E-state index contributed by atoms with van der Waals surface area (Å²) in [6, 6.07) is 10.1. The molecule has 0 amide bonds. The van der Waals surface area contributed by atoms with Crippen LogP contribution in [0.5, 0.6) is 0 Å². The molecular formula is C15H18OS. The molecule has 1 aromatic carbocycles. The molecule has 0 heterocycles. The van der Waals surface area contributed by atoms with Crippen LogP contribution in [0.15, 0.2) is 71.2 Å². The molecule has 90 valence electrons. The minimum atomic E-state index is 0.155. The maximum atomic E-state index is 5.42. The molecule has 1 aromatic rings. The van der Waals surface area contributed by atoms with Crippen molar-refractivity contribution in [2.75, 3.05) is 0 Å². The SMILES string of the molecule is C=C(/C=C\C(=C)Sc1ccccc1)OC(C)C. The van der Waals surface area contributed by atoms with Gasteiger partial charge in [-0.05, 0) is 38.1 Å². The molecule has 0 bridgehead atoms. The summed E-state index contributed by atoms with van der Waals surface area (Å²) in [5, 5.41) is 0. The van der Waals surface area contributed by atoms with Crippen LogP contribution in [0.25, 0.3) is 0 Å². The largest absolute Gasteiger partial charge is 0.492 e. The molecule has 0 N–H and O–H groups in total. The lowest BCUT2D eigenvalue weighted by molar-refractivity contribution is 0.159. The third-order valence-electron chi connectivity index (χ3n) is 1.83. The van der Waals surface area contributed by atoms with Crippen LogP contribution in [0, 0.1) is 0 Å². The predicted molar refractivity (Wildman–Crippen MR) is 75.9 cm³/mol. The van der Waals surface area contributed by atoms with Crippen LogP contribution in [0.2, 0.25) is 0 Å². The summed E-state index contributed by atoms with van der Waals surface area (Å²) < 4.78 is 5.42. The van der Waals surface area contributed by atoms with Gasteiger partial charge in [0.05, 0.1) is 6.10 Å². The number of thioether (sulfide) groups is 1. The van der Waals surface area contributed by atoms with E-state index in [9.17, 15) is 0 Å². The molecule has 2 heteroatoms. The zero-order valence-corrected chi connectivity index (χ0v) is 11.2. The Bertz CT molecular complexity index is 404. The monoisotopic (exact) mass is 246 g/mol. The highest BCUT2D eigenvalue weighted by molar-refractivity contribution is 8.03. The van der Waals surface area contributed by atoms with Crippen molar-refractivity contribution in [2.24, 2.45) is 0 Å². The Kier molecular flexibility index (Phi) is 5.64. The summed E-state index contributed by atoms with van der Waals surface area (Å²) in [7, 11) is 0. The van der Waals surface area contributed by atoms with Gasteiger partial charge < -0.3 is 4.74 Å². The Balaban J connectivity index is 2.45. The average Bonchev–Trinajstić information content (AvgIpc) is 2.27. The van der Waals surface area contributed by atoms with Crippen LogP contribution in [-0.2, 0) is 4.74 Å². The second-order valence-electron chi connectivity index (χ2n) is 3.85. The Morgan fingerprint density at radius 3 is 2.41 bits per heavy atom. The van der Waals surface area contributed by atoms with E-state index >= 15 is 0 Å². The first-order valence-corrected chi connectivity index (χ1v) is 6.35. The molecule has 0 aliphatic carbocycles. The lowest BCUT2D eigenvalue weighted by Crippen LogP contribution is -1.99. The van der Waals surface area contributed by atoms with E-state index in [0.717, 1.165) is 4.91 Å². The number of allylic oxidation sites excluding steroid dienone is 2.